The highest BCUT2D eigenvalue weighted by atomic mass is 19.4. The molecule has 2 rings (SSSR count). The minimum Gasteiger partial charge on any atom is -0.454 e. The monoisotopic (exact) mass is 386 g/mol. The average molecular weight is 386 g/mol. The van der Waals surface area contributed by atoms with E-state index in [2.05, 4.69) is 9.47 Å². The SMILES string of the molecule is CC(=O)OC1(c2cccc(OC(F)(F)F)c2OC(F)(F)F)CCCCC1. The van der Waals surface area contributed by atoms with Crippen molar-refractivity contribution in [1.82, 2.24) is 0 Å². The van der Waals surface area contributed by atoms with Crippen LogP contribution in [0.3, 0.4) is 0 Å². The average Bonchev–Trinajstić information content (AvgIpc) is 2.46. The van der Waals surface area contributed by atoms with E-state index in [0.717, 1.165) is 25.5 Å². The molecule has 0 atom stereocenters. The van der Waals surface area contributed by atoms with Crippen LogP contribution >= 0.6 is 0 Å². The summed E-state index contributed by atoms with van der Waals surface area (Å²) in [6.07, 6.45) is -8.33. The van der Waals surface area contributed by atoms with Gasteiger partial charge in [0.15, 0.2) is 11.5 Å². The zero-order valence-corrected chi connectivity index (χ0v) is 13.7. The van der Waals surface area contributed by atoms with Crippen LogP contribution in [-0.2, 0) is 15.1 Å². The van der Waals surface area contributed by atoms with E-state index in [4.69, 9.17) is 4.74 Å². The van der Waals surface area contributed by atoms with E-state index in [9.17, 15) is 31.1 Å². The molecular weight excluding hydrogens is 370 g/mol. The highest BCUT2D eigenvalue weighted by Gasteiger charge is 2.44. The largest absolute Gasteiger partial charge is 0.573 e. The van der Waals surface area contributed by atoms with Crippen molar-refractivity contribution in [2.45, 2.75) is 57.4 Å². The maximum atomic E-state index is 12.8. The third-order valence-corrected chi connectivity index (χ3v) is 3.91. The van der Waals surface area contributed by atoms with Gasteiger partial charge in [0.05, 0.1) is 0 Å². The van der Waals surface area contributed by atoms with Crippen molar-refractivity contribution in [3.05, 3.63) is 23.8 Å². The first-order chi connectivity index (χ1) is 11.9. The normalized spacial score (nSPS) is 17.5. The summed E-state index contributed by atoms with van der Waals surface area (Å²) in [6, 6.07) is 2.96. The van der Waals surface area contributed by atoms with Crippen LogP contribution in [0.1, 0.15) is 44.6 Å². The number of carbonyl (C=O) groups excluding carboxylic acids is 1. The van der Waals surface area contributed by atoms with E-state index in [1.54, 1.807) is 0 Å². The third-order valence-electron chi connectivity index (χ3n) is 3.91. The fourth-order valence-electron chi connectivity index (χ4n) is 3.13. The predicted molar refractivity (Wildman–Crippen MR) is 76.3 cm³/mol. The molecule has 146 valence electrons. The highest BCUT2D eigenvalue weighted by Crippen LogP contribution is 2.49. The minimum absolute atomic E-state index is 0.163. The summed E-state index contributed by atoms with van der Waals surface area (Å²) < 4.78 is 89.1. The van der Waals surface area contributed by atoms with Crippen molar-refractivity contribution < 1.29 is 45.3 Å². The molecule has 1 aliphatic rings. The summed E-state index contributed by atoms with van der Waals surface area (Å²) in [5.74, 6) is -3.06. The van der Waals surface area contributed by atoms with Crippen molar-refractivity contribution in [1.29, 1.82) is 0 Å². The van der Waals surface area contributed by atoms with E-state index in [-0.39, 0.29) is 18.4 Å². The van der Waals surface area contributed by atoms with Crippen molar-refractivity contribution in [3.8, 4) is 11.5 Å². The molecule has 1 saturated carbocycles. The molecule has 4 nitrogen and oxygen atoms in total. The quantitative estimate of drug-likeness (QED) is 0.527. The zero-order chi connectivity index (χ0) is 19.6. The molecule has 0 bridgehead atoms. The van der Waals surface area contributed by atoms with Crippen molar-refractivity contribution in [2.75, 3.05) is 0 Å². The van der Waals surface area contributed by atoms with E-state index in [1.807, 2.05) is 0 Å². The summed E-state index contributed by atoms with van der Waals surface area (Å²) in [5.41, 5.74) is -1.80. The number of hydrogen-bond donors (Lipinski definition) is 0. The maximum Gasteiger partial charge on any atom is 0.573 e. The van der Waals surface area contributed by atoms with Crippen molar-refractivity contribution in [2.24, 2.45) is 0 Å². The second kappa shape index (κ2) is 7.24. The topological polar surface area (TPSA) is 44.8 Å². The molecule has 0 heterocycles. The van der Waals surface area contributed by atoms with Gasteiger partial charge in [0.25, 0.3) is 0 Å². The Morgan fingerprint density at radius 2 is 1.54 bits per heavy atom. The Morgan fingerprint density at radius 1 is 0.962 bits per heavy atom. The lowest BCUT2D eigenvalue weighted by atomic mass is 9.79. The van der Waals surface area contributed by atoms with Crippen molar-refractivity contribution >= 4 is 5.97 Å². The van der Waals surface area contributed by atoms with E-state index in [1.165, 1.54) is 0 Å². The molecular formula is C16H16F6O4. The molecule has 10 heteroatoms. The van der Waals surface area contributed by atoms with E-state index < -0.39 is 35.8 Å². The number of rotatable bonds is 4. The maximum absolute atomic E-state index is 12.8. The lowest BCUT2D eigenvalue weighted by molar-refractivity contribution is -0.288. The zero-order valence-electron chi connectivity index (χ0n) is 13.7. The number of carbonyl (C=O) groups is 1. The number of alkyl halides is 6. The van der Waals surface area contributed by atoms with Gasteiger partial charge in [0, 0.05) is 12.5 Å². The van der Waals surface area contributed by atoms with Crippen LogP contribution in [0.5, 0.6) is 11.5 Å². The Balaban J connectivity index is 2.60. The molecule has 1 aromatic carbocycles. The van der Waals surface area contributed by atoms with Gasteiger partial charge in [-0.15, -0.1) is 26.3 Å². The number of para-hydroxylation sites is 1. The fraction of sp³-hybridized carbons (Fsp3) is 0.562. The lowest BCUT2D eigenvalue weighted by Gasteiger charge is -2.38. The molecule has 0 amide bonds. The second-order valence-electron chi connectivity index (χ2n) is 5.88. The van der Waals surface area contributed by atoms with Gasteiger partial charge >= 0.3 is 18.7 Å². The summed E-state index contributed by atoms with van der Waals surface area (Å²) in [5, 5.41) is 0. The number of benzene rings is 1. The van der Waals surface area contributed by atoms with Crippen LogP contribution < -0.4 is 9.47 Å². The summed E-state index contributed by atoms with van der Waals surface area (Å²) in [4.78, 5) is 11.5. The Labute approximate surface area is 145 Å². The van der Waals surface area contributed by atoms with Crippen molar-refractivity contribution in [3.63, 3.8) is 0 Å². The van der Waals surface area contributed by atoms with Gasteiger partial charge in [-0.05, 0) is 31.7 Å². The number of esters is 1. The van der Waals surface area contributed by atoms with Crippen LogP contribution in [0.25, 0.3) is 0 Å². The summed E-state index contributed by atoms with van der Waals surface area (Å²) >= 11 is 0. The van der Waals surface area contributed by atoms with Gasteiger partial charge in [-0.1, -0.05) is 18.6 Å². The molecule has 1 aromatic rings. The number of halogens is 6. The predicted octanol–water partition coefficient (Wildman–Crippen LogP) is 5.21. The number of hydrogen-bond acceptors (Lipinski definition) is 4. The smallest absolute Gasteiger partial charge is 0.454 e. The van der Waals surface area contributed by atoms with Crippen LogP contribution in [0.2, 0.25) is 0 Å². The van der Waals surface area contributed by atoms with Gasteiger partial charge in [-0.2, -0.15) is 0 Å². The van der Waals surface area contributed by atoms with Crippen LogP contribution in [0.4, 0.5) is 26.3 Å². The molecule has 26 heavy (non-hydrogen) atoms. The fourth-order valence-corrected chi connectivity index (χ4v) is 3.13. The Kier molecular flexibility index (Phi) is 5.62. The van der Waals surface area contributed by atoms with Gasteiger partial charge in [0.1, 0.15) is 5.60 Å². The van der Waals surface area contributed by atoms with Gasteiger partial charge < -0.3 is 14.2 Å². The molecule has 0 radical (unpaired) electrons. The van der Waals surface area contributed by atoms with Gasteiger partial charge in [-0.25, -0.2) is 0 Å². The molecule has 0 unspecified atom stereocenters. The molecule has 1 aliphatic carbocycles. The second-order valence-corrected chi connectivity index (χ2v) is 5.88. The Morgan fingerprint density at radius 3 is 2.04 bits per heavy atom. The van der Waals surface area contributed by atoms with Gasteiger partial charge in [0.2, 0.25) is 0 Å². The van der Waals surface area contributed by atoms with Crippen LogP contribution in [0, 0.1) is 0 Å². The molecule has 0 saturated heterocycles. The van der Waals surface area contributed by atoms with Gasteiger partial charge in [-0.3, -0.25) is 4.79 Å². The summed E-state index contributed by atoms with van der Waals surface area (Å²) in [6.45, 7) is 1.08. The van der Waals surface area contributed by atoms with E-state index in [0.29, 0.717) is 18.9 Å². The molecule has 1 fully saturated rings. The standard InChI is InChI=1S/C16H16F6O4/c1-10(23)24-14(8-3-2-4-9-14)11-6-5-7-12(25-15(17,18)19)13(11)26-16(20,21)22/h5-7H,2-4,8-9H2,1H3. The molecule has 0 N–H and O–H groups in total. The molecule has 0 aliphatic heterocycles. The minimum atomic E-state index is -5.26. The highest BCUT2D eigenvalue weighted by molar-refractivity contribution is 5.67. The first-order valence-corrected chi connectivity index (χ1v) is 7.76. The molecule has 0 aromatic heterocycles. The third kappa shape index (κ3) is 5.18. The van der Waals surface area contributed by atoms with Crippen LogP contribution in [0.15, 0.2) is 18.2 Å². The summed E-state index contributed by atoms with van der Waals surface area (Å²) in [7, 11) is 0. The van der Waals surface area contributed by atoms with Crippen LogP contribution in [-0.4, -0.2) is 18.7 Å². The lowest BCUT2D eigenvalue weighted by Crippen LogP contribution is -2.35. The Hall–Kier alpha value is -2.13. The van der Waals surface area contributed by atoms with E-state index >= 15 is 0 Å². The first-order valence-electron chi connectivity index (χ1n) is 7.76. The molecule has 0 spiro atoms. The first kappa shape index (κ1) is 20.2. The number of ether oxygens (including phenoxy) is 3. The Bertz CT molecular complexity index is 647.